The Hall–Kier alpha value is -0.860. The van der Waals surface area contributed by atoms with Crippen LogP contribution < -0.4 is 10.5 Å². The topological polar surface area (TPSA) is 81.9 Å². The van der Waals surface area contributed by atoms with E-state index in [2.05, 4.69) is 0 Å². The lowest BCUT2D eigenvalue weighted by molar-refractivity contribution is 0.146. The van der Waals surface area contributed by atoms with Gasteiger partial charge in [0.1, 0.15) is 12.4 Å². The van der Waals surface area contributed by atoms with Crippen LogP contribution in [-0.2, 0) is 14.8 Å². The summed E-state index contributed by atoms with van der Waals surface area (Å²) in [7, 11) is -1.84. The summed E-state index contributed by atoms with van der Waals surface area (Å²) in [6.45, 7) is 1.79. The molecule has 21 heavy (non-hydrogen) atoms. The lowest BCUT2D eigenvalue weighted by atomic mass is 10.3. The SMILES string of the molecule is COCCOc1ccc(S(=O)(=O)N2CC[C@H](N)C2)cc1.Cl. The second kappa shape index (κ2) is 7.95. The van der Waals surface area contributed by atoms with Gasteiger partial charge in [-0.3, -0.25) is 0 Å². The summed E-state index contributed by atoms with van der Waals surface area (Å²) < 4.78 is 36.4. The molecule has 1 aliphatic rings. The van der Waals surface area contributed by atoms with Crippen molar-refractivity contribution in [3.8, 4) is 5.75 Å². The van der Waals surface area contributed by atoms with Crippen molar-refractivity contribution in [1.82, 2.24) is 4.31 Å². The zero-order valence-electron chi connectivity index (χ0n) is 11.9. The molecule has 1 fully saturated rings. The summed E-state index contributed by atoms with van der Waals surface area (Å²) in [5.74, 6) is 0.624. The molecule has 1 heterocycles. The summed E-state index contributed by atoms with van der Waals surface area (Å²) >= 11 is 0. The Morgan fingerprint density at radius 1 is 1.29 bits per heavy atom. The summed E-state index contributed by atoms with van der Waals surface area (Å²) in [5, 5.41) is 0. The fourth-order valence-corrected chi connectivity index (χ4v) is 3.58. The quantitative estimate of drug-likeness (QED) is 0.779. The molecule has 0 radical (unpaired) electrons. The number of hydrogen-bond acceptors (Lipinski definition) is 5. The van der Waals surface area contributed by atoms with Crippen LogP contribution in [0.25, 0.3) is 0 Å². The van der Waals surface area contributed by atoms with Crippen molar-refractivity contribution < 1.29 is 17.9 Å². The van der Waals surface area contributed by atoms with Gasteiger partial charge in [-0.1, -0.05) is 0 Å². The van der Waals surface area contributed by atoms with Crippen LogP contribution in [0.2, 0.25) is 0 Å². The van der Waals surface area contributed by atoms with E-state index in [9.17, 15) is 8.42 Å². The molecule has 0 unspecified atom stereocenters. The molecule has 8 heteroatoms. The minimum absolute atomic E-state index is 0. The van der Waals surface area contributed by atoms with Crippen LogP contribution in [-0.4, -0.2) is 52.2 Å². The number of halogens is 1. The summed E-state index contributed by atoms with van der Waals surface area (Å²) in [4.78, 5) is 0.269. The van der Waals surface area contributed by atoms with Gasteiger partial charge in [0, 0.05) is 26.2 Å². The maximum atomic E-state index is 12.4. The molecule has 1 atom stereocenters. The van der Waals surface area contributed by atoms with Gasteiger partial charge in [0.25, 0.3) is 0 Å². The van der Waals surface area contributed by atoms with Gasteiger partial charge in [-0.15, -0.1) is 12.4 Å². The number of sulfonamides is 1. The number of ether oxygens (including phenoxy) is 2. The molecule has 0 saturated carbocycles. The molecule has 1 saturated heterocycles. The predicted octanol–water partition coefficient (Wildman–Crippen LogP) is 0.855. The summed E-state index contributed by atoms with van der Waals surface area (Å²) in [6.07, 6.45) is 0.706. The molecule has 1 aromatic rings. The third-order valence-electron chi connectivity index (χ3n) is 3.21. The average Bonchev–Trinajstić information content (AvgIpc) is 2.87. The largest absolute Gasteiger partial charge is 0.491 e. The zero-order valence-corrected chi connectivity index (χ0v) is 13.5. The normalized spacial score (nSPS) is 19.2. The van der Waals surface area contributed by atoms with E-state index < -0.39 is 10.0 Å². The van der Waals surface area contributed by atoms with Crippen molar-refractivity contribution in [3.63, 3.8) is 0 Å². The number of nitrogens with zero attached hydrogens (tertiary/aromatic N) is 1. The molecule has 0 bridgehead atoms. The van der Waals surface area contributed by atoms with Crippen molar-refractivity contribution in [3.05, 3.63) is 24.3 Å². The highest BCUT2D eigenvalue weighted by Gasteiger charge is 2.30. The van der Waals surface area contributed by atoms with E-state index in [-0.39, 0.29) is 23.3 Å². The number of benzene rings is 1. The fourth-order valence-electron chi connectivity index (χ4n) is 2.07. The van der Waals surface area contributed by atoms with Gasteiger partial charge >= 0.3 is 0 Å². The Morgan fingerprint density at radius 3 is 2.48 bits per heavy atom. The molecule has 1 aromatic carbocycles. The van der Waals surface area contributed by atoms with Gasteiger partial charge in [-0.25, -0.2) is 8.42 Å². The molecule has 0 spiro atoms. The van der Waals surface area contributed by atoms with E-state index in [1.165, 1.54) is 4.31 Å². The molecular weight excluding hydrogens is 316 g/mol. The summed E-state index contributed by atoms with van der Waals surface area (Å²) in [5.41, 5.74) is 5.75. The maximum absolute atomic E-state index is 12.4. The predicted molar refractivity (Wildman–Crippen MR) is 82.4 cm³/mol. The Labute approximate surface area is 131 Å². The van der Waals surface area contributed by atoms with Crippen LogP contribution >= 0.6 is 12.4 Å². The van der Waals surface area contributed by atoms with Crippen molar-refractivity contribution in [1.29, 1.82) is 0 Å². The first-order chi connectivity index (χ1) is 9.54. The number of methoxy groups -OCH3 is 1. The van der Waals surface area contributed by atoms with Crippen molar-refractivity contribution in [2.45, 2.75) is 17.4 Å². The highest BCUT2D eigenvalue weighted by molar-refractivity contribution is 7.89. The van der Waals surface area contributed by atoms with Gasteiger partial charge in [-0.2, -0.15) is 4.31 Å². The second-order valence-electron chi connectivity index (χ2n) is 4.72. The molecule has 120 valence electrons. The first-order valence-electron chi connectivity index (χ1n) is 6.51. The Bertz CT molecular complexity index is 536. The van der Waals surface area contributed by atoms with Crippen LogP contribution in [0.15, 0.2) is 29.2 Å². The minimum atomic E-state index is -3.44. The first-order valence-corrected chi connectivity index (χ1v) is 7.95. The van der Waals surface area contributed by atoms with E-state index >= 15 is 0 Å². The Morgan fingerprint density at radius 2 is 1.95 bits per heavy atom. The van der Waals surface area contributed by atoms with Gasteiger partial charge in [0.05, 0.1) is 11.5 Å². The highest BCUT2D eigenvalue weighted by Crippen LogP contribution is 2.22. The standard InChI is InChI=1S/C13H20N2O4S.ClH/c1-18-8-9-19-12-2-4-13(5-3-12)20(16,17)15-7-6-11(14)10-15;/h2-5,11H,6-10,14H2,1H3;1H/t11-;/m0./s1. The molecule has 0 amide bonds. The highest BCUT2D eigenvalue weighted by atomic mass is 35.5. The fraction of sp³-hybridized carbons (Fsp3) is 0.538. The molecular formula is C13H21ClN2O4S. The van der Waals surface area contributed by atoms with Crippen molar-refractivity contribution in [2.75, 3.05) is 33.4 Å². The van der Waals surface area contributed by atoms with Crippen LogP contribution in [0.5, 0.6) is 5.75 Å². The van der Waals surface area contributed by atoms with E-state index in [4.69, 9.17) is 15.2 Å². The first kappa shape index (κ1) is 18.2. The Balaban J connectivity index is 0.00000220. The molecule has 6 nitrogen and oxygen atoms in total. The second-order valence-corrected chi connectivity index (χ2v) is 6.66. The zero-order chi connectivity index (χ0) is 14.6. The smallest absolute Gasteiger partial charge is 0.243 e. The number of nitrogens with two attached hydrogens (primary N) is 1. The molecule has 0 aromatic heterocycles. The van der Waals surface area contributed by atoms with Gasteiger partial charge in [0.2, 0.25) is 10.0 Å². The molecule has 1 aliphatic heterocycles. The number of rotatable bonds is 6. The molecule has 2 N–H and O–H groups in total. The van der Waals surface area contributed by atoms with E-state index in [1.54, 1.807) is 31.4 Å². The van der Waals surface area contributed by atoms with Gasteiger partial charge in [0.15, 0.2) is 0 Å². The van der Waals surface area contributed by atoms with Crippen LogP contribution in [0.3, 0.4) is 0 Å². The van der Waals surface area contributed by atoms with Crippen LogP contribution in [0.1, 0.15) is 6.42 Å². The third-order valence-corrected chi connectivity index (χ3v) is 5.08. The number of hydrogen-bond donors (Lipinski definition) is 1. The lowest BCUT2D eigenvalue weighted by Gasteiger charge is -2.16. The van der Waals surface area contributed by atoms with E-state index in [0.717, 1.165) is 0 Å². The lowest BCUT2D eigenvalue weighted by Crippen LogP contribution is -2.31. The van der Waals surface area contributed by atoms with Crippen LogP contribution in [0.4, 0.5) is 0 Å². The van der Waals surface area contributed by atoms with E-state index in [0.29, 0.717) is 38.5 Å². The third kappa shape index (κ3) is 4.55. The minimum Gasteiger partial charge on any atom is -0.491 e. The maximum Gasteiger partial charge on any atom is 0.243 e. The van der Waals surface area contributed by atoms with Crippen molar-refractivity contribution in [2.24, 2.45) is 5.73 Å². The monoisotopic (exact) mass is 336 g/mol. The summed E-state index contributed by atoms with van der Waals surface area (Å²) in [6, 6.07) is 6.35. The van der Waals surface area contributed by atoms with E-state index in [1.807, 2.05) is 0 Å². The van der Waals surface area contributed by atoms with Gasteiger partial charge in [-0.05, 0) is 30.7 Å². The van der Waals surface area contributed by atoms with Gasteiger partial charge < -0.3 is 15.2 Å². The van der Waals surface area contributed by atoms with Crippen LogP contribution in [0, 0.1) is 0 Å². The molecule has 2 rings (SSSR count). The average molecular weight is 337 g/mol. The Kier molecular flexibility index (Phi) is 6.89. The molecule has 0 aliphatic carbocycles. The van der Waals surface area contributed by atoms with Crippen molar-refractivity contribution >= 4 is 22.4 Å².